The summed E-state index contributed by atoms with van der Waals surface area (Å²) in [6, 6.07) is 0. The standard InChI is InChI=1S/C18H31N5O2/c1-15-17(16(2)23(19-15)11-12-24)13-21-7-9-22(10-8-21)18(25)14-20-5-3-4-6-20/h24H,3-14H2,1-2H3. The number of aliphatic hydroxyl groups is 1. The van der Waals surface area contributed by atoms with Crippen LogP contribution in [-0.2, 0) is 17.9 Å². The second-order valence-corrected chi connectivity index (χ2v) is 7.24. The van der Waals surface area contributed by atoms with E-state index in [-0.39, 0.29) is 12.5 Å². The van der Waals surface area contributed by atoms with Crippen LogP contribution in [0.15, 0.2) is 0 Å². The van der Waals surface area contributed by atoms with Gasteiger partial charge in [0.15, 0.2) is 0 Å². The molecule has 1 N–H and O–H groups in total. The zero-order chi connectivity index (χ0) is 17.8. The van der Waals surface area contributed by atoms with Crippen molar-refractivity contribution in [1.29, 1.82) is 0 Å². The van der Waals surface area contributed by atoms with Gasteiger partial charge in [0.25, 0.3) is 0 Å². The summed E-state index contributed by atoms with van der Waals surface area (Å²) in [5, 5.41) is 13.7. The Bertz CT molecular complexity index is 587. The molecule has 7 nitrogen and oxygen atoms in total. The van der Waals surface area contributed by atoms with Gasteiger partial charge >= 0.3 is 0 Å². The molecular weight excluding hydrogens is 318 g/mol. The van der Waals surface area contributed by atoms with Crippen LogP contribution in [0.3, 0.4) is 0 Å². The van der Waals surface area contributed by atoms with Gasteiger partial charge in [-0.05, 0) is 39.8 Å². The van der Waals surface area contributed by atoms with Crippen LogP contribution in [0.4, 0.5) is 0 Å². The number of aryl methyl sites for hydroxylation is 1. The van der Waals surface area contributed by atoms with Crippen LogP contribution in [0.5, 0.6) is 0 Å². The molecule has 0 aliphatic carbocycles. The number of aliphatic hydroxyl groups excluding tert-OH is 1. The van der Waals surface area contributed by atoms with E-state index >= 15 is 0 Å². The number of likely N-dealkylation sites (tertiary alicyclic amines) is 1. The van der Waals surface area contributed by atoms with E-state index in [1.807, 2.05) is 16.5 Å². The zero-order valence-electron chi connectivity index (χ0n) is 15.6. The predicted octanol–water partition coefficient (Wildman–Crippen LogP) is 0.232. The fraction of sp³-hybridized carbons (Fsp3) is 0.778. The van der Waals surface area contributed by atoms with Gasteiger partial charge in [-0.25, -0.2) is 0 Å². The Balaban J connectivity index is 1.50. The van der Waals surface area contributed by atoms with Crippen molar-refractivity contribution in [3.8, 4) is 0 Å². The van der Waals surface area contributed by atoms with Gasteiger partial charge in [0.2, 0.25) is 5.91 Å². The first-order chi connectivity index (χ1) is 12.1. The van der Waals surface area contributed by atoms with Gasteiger partial charge in [-0.1, -0.05) is 0 Å². The molecule has 2 aliphatic rings. The lowest BCUT2D eigenvalue weighted by Gasteiger charge is -2.35. The van der Waals surface area contributed by atoms with Gasteiger partial charge in [-0.3, -0.25) is 19.3 Å². The van der Waals surface area contributed by atoms with E-state index in [0.29, 0.717) is 13.1 Å². The number of aromatic nitrogens is 2. The number of piperazine rings is 1. The fourth-order valence-electron chi connectivity index (χ4n) is 3.89. The van der Waals surface area contributed by atoms with Crippen LogP contribution >= 0.6 is 0 Å². The minimum atomic E-state index is 0.110. The first-order valence-corrected chi connectivity index (χ1v) is 9.44. The Morgan fingerprint density at radius 1 is 1.04 bits per heavy atom. The number of hydrogen-bond acceptors (Lipinski definition) is 5. The summed E-state index contributed by atoms with van der Waals surface area (Å²) in [5.74, 6) is 0.282. The van der Waals surface area contributed by atoms with Crippen molar-refractivity contribution in [2.75, 3.05) is 52.4 Å². The van der Waals surface area contributed by atoms with Crippen LogP contribution in [0.1, 0.15) is 29.8 Å². The largest absolute Gasteiger partial charge is 0.394 e. The van der Waals surface area contributed by atoms with E-state index in [1.54, 1.807) is 0 Å². The molecule has 2 saturated heterocycles. The molecule has 0 spiro atoms. The maximum Gasteiger partial charge on any atom is 0.236 e. The van der Waals surface area contributed by atoms with E-state index in [9.17, 15) is 4.79 Å². The maximum atomic E-state index is 12.4. The third-order valence-electron chi connectivity index (χ3n) is 5.51. The van der Waals surface area contributed by atoms with Crippen LogP contribution in [0.2, 0.25) is 0 Å². The van der Waals surface area contributed by atoms with E-state index < -0.39 is 0 Å². The summed E-state index contributed by atoms with van der Waals surface area (Å²) in [5.41, 5.74) is 3.43. The number of hydrogen-bond donors (Lipinski definition) is 1. The number of rotatable bonds is 6. The Hall–Kier alpha value is -1.44. The molecular formula is C18H31N5O2. The lowest BCUT2D eigenvalue weighted by atomic mass is 10.1. The van der Waals surface area contributed by atoms with Gasteiger partial charge in [0.1, 0.15) is 0 Å². The molecule has 1 amide bonds. The average molecular weight is 349 g/mol. The summed E-state index contributed by atoms with van der Waals surface area (Å²) in [4.78, 5) is 19.1. The van der Waals surface area contributed by atoms with E-state index in [2.05, 4.69) is 21.8 Å². The van der Waals surface area contributed by atoms with Crippen LogP contribution in [-0.4, -0.2) is 87.9 Å². The average Bonchev–Trinajstić information content (AvgIpc) is 3.20. The Labute approximate surface area is 150 Å². The van der Waals surface area contributed by atoms with E-state index in [0.717, 1.165) is 57.2 Å². The summed E-state index contributed by atoms with van der Waals surface area (Å²) in [6.07, 6.45) is 2.45. The van der Waals surface area contributed by atoms with E-state index in [1.165, 1.54) is 18.4 Å². The molecule has 1 aromatic heterocycles. The van der Waals surface area contributed by atoms with Crippen molar-refractivity contribution < 1.29 is 9.90 Å². The summed E-state index contributed by atoms with van der Waals surface area (Å²) < 4.78 is 1.89. The highest BCUT2D eigenvalue weighted by Crippen LogP contribution is 2.17. The van der Waals surface area contributed by atoms with Crippen molar-refractivity contribution in [1.82, 2.24) is 24.5 Å². The van der Waals surface area contributed by atoms with Crippen molar-refractivity contribution in [3.63, 3.8) is 0 Å². The summed E-state index contributed by atoms with van der Waals surface area (Å²) in [7, 11) is 0. The normalized spacial score (nSPS) is 19.7. The topological polar surface area (TPSA) is 64.8 Å². The molecule has 0 atom stereocenters. The number of carbonyl (C=O) groups is 1. The molecule has 0 unspecified atom stereocenters. The zero-order valence-corrected chi connectivity index (χ0v) is 15.6. The van der Waals surface area contributed by atoms with Crippen molar-refractivity contribution in [3.05, 3.63) is 17.0 Å². The minimum Gasteiger partial charge on any atom is -0.394 e. The smallest absolute Gasteiger partial charge is 0.236 e. The van der Waals surface area contributed by atoms with Crippen molar-refractivity contribution in [2.24, 2.45) is 0 Å². The second-order valence-electron chi connectivity index (χ2n) is 7.24. The lowest BCUT2D eigenvalue weighted by molar-refractivity contribution is -0.134. The van der Waals surface area contributed by atoms with Gasteiger partial charge in [-0.2, -0.15) is 5.10 Å². The Kier molecular flexibility index (Phi) is 6.09. The highest BCUT2D eigenvalue weighted by atomic mass is 16.3. The van der Waals surface area contributed by atoms with E-state index in [4.69, 9.17) is 5.11 Å². The van der Waals surface area contributed by atoms with Crippen LogP contribution in [0.25, 0.3) is 0 Å². The molecule has 7 heteroatoms. The third kappa shape index (κ3) is 4.40. The van der Waals surface area contributed by atoms with Crippen LogP contribution in [0, 0.1) is 13.8 Å². The first kappa shape index (κ1) is 18.4. The molecule has 2 aliphatic heterocycles. The van der Waals surface area contributed by atoms with Crippen molar-refractivity contribution >= 4 is 5.91 Å². The molecule has 3 rings (SSSR count). The van der Waals surface area contributed by atoms with Gasteiger partial charge in [-0.15, -0.1) is 0 Å². The molecule has 2 fully saturated rings. The van der Waals surface area contributed by atoms with Gasteiger partial charge in [0.05, 0.1) is 25.4 Å². The summed E-state index contributed by atoms with van der Waals surface area (Å²) in [6.45, 7) is 11.8. The molecule has 0 radical (unpaired) electrons. The minimum absolute atomic E-state index is 0.110. The van der Waals surface area contributed by atoms with Crippen molar-refractivity contribution in [2.45, 2.75) is 39.8 Å². The monoisotopic (exact) mass is 349 g/mol. The molecule has 1 aromatic rings. The quantitative estimate of drug-likeness (QED) is 0.797. The molecule has 140 valence electrons. The molecule has 0 aromatic carbocycles. The predicted molar refractivity (Wildman–Crippen MR) is 96.3 cm³/mol. The Morgan fingerprint density at radius 2 is 1.72 bits per heavy atom. The van der Waals surface area contributed by atoms with Crippen LogP contribution < -0.4 is 0 Å². The highest BCUT2D eigenvalue weighted by molar-refractivity contribution is 5.78. The summed E-state index contributed by atoms with van der Waals surface area (Å²) >= 11 is 0. The third-order valence-corrected chi connectivity index (χ3v) is 5.51. The maximum absolute atomic E-state index is 12.4. The lowest BCUT2D eigenvalue weighted by Crippen LogP contribution is -2.50. The molecule has 0 saturated carbocycles. The number of nitrogens with zero attached hydrogens (tertiary/aromatic N) is 5. The number of amides is 1. The number of carbonyl (C=O) groups excluding carboxylic acids is 1. The molecule has 0 bridgehead atoms. The van der Waals surface area contributed by atoms with Gasteiger partial charge < -0.3 is 10.0 Å². The molecule has 3 heterocycles. The molecule has 25 heavy (non-hydrogen) atoms. The highest BCUT2D eigenvalue weighted by Gasteiger charge is 2.25. The second kappa shape index (κ2) is 8.29. The first-order valence-electron chi connectivity index (χ1n) is 9.44. The fourth-order valence-corrected chi connectivity index (χ4v) is 3.89. The van der Waals surface area contributed by atoms with Gasteiger partial charge in [0, 0.05) is 44.0 Å². The Morgan fingerprint density at radius 3 is 2.36 bits per heavy atom. The SMILES string of the molecule is Cc1nn(CCO)c(C)c1CN1CCN(C(=O)CN2CCCC2)CC1.